The fourth-order valence-corrected chi connectivity index (χ4v) is 2.32. The van der Waals surface area contributed by atoms with E-state index in [-0.39, 0.29) is 0 Å². The van der Waals surface area contributed by atoms with Gasteiger partial charge in [-0.3, -0.25) is 0 Å². The summed E-state index contributed by atoms with van der Waals surface area (Å²) >= 11 is 0. The molecule has 3 heteroatoms. The van der Waals surface area contributed by atoms with Gasteiger partial charge in [0.05, 0.1) is 7.11 Å². The smallest absolute Gasteiger partial charge is 0.161 e. The molecule has 0 amide bonds. The highest BCUT2D eigenvalue weighted by Gasteiger charge is 2.07. The lowest BCUT2D eigenvalue weighted by molar-refractivity contribution is 0.283. The summed E-state index contributed by atoms with van der Waals surface area (Å²) in [5.74, 6) is 1.56. The van der Waals surface area contributed by atoms with Gasteiger partial charge in [-0.2, -0.15) is 0 Å². The Balaban J connectivity index is 2.10. The highest BCUT2D eigenvalue weighted by Crippen LogP contribution is 2.29. The normalized spacial score (nSPS) is 10.5. The van der Waals surface area contributed by atoms with Crippen LogP contribution in [-0.4, -0.2) is 13.7 Å². The van der Waals surface area contributed by atoms with E-state index >= 15 is 0 Å². The molecule has 0 heterocycles. The minimum absolute atomic E-state index is 0.552. The summed E-state index contributed by atoms with van der Waals surface area (Å²) in [6.07, 6.45) is 0. The van der Waals surface area contributed by atoms with Crippen molar-refractivity contribution in [3.63, 3.8) is 0 Å². The van der Waals surface area contributed by atoms with Gasteiger partial charge < -0.3 is 14.8 Å². The highest BCUT2D eigenvalue weighted by molar-refractivity contribution is 5.43. The maximum atomic E-state index is 5.96. The monoisotopic (exact) mass is 299 g/mol. The third kappa shape index (κ3) is 4.25. The SMILES string of the molecule is CCNCc1ccc(OCc2cc(C)ccc2C)c(OC)c1. The molecule has 0 spiro atoms. The summed E-state index contributed by atoms with van der Waals surface area (Å²) in [7, 11) is 1.68. The van der Waals surface area contributed by atoms with Gasteiger partial charge in [-0.05, 0) is 49.2 Å². The van der Waals surface area contributed by atoms with Crippen LogP contribution in [0.15, 0.2) is 36.4 Å². The van der Waals surface area contributed by atoms with Gasteiger partial charge in [0.1, 0.15) is 6.61 Å². The molecule has 0 atom stereocenters. The van der Waals surface area contributed by atoms with Crippen molar-refractivity contribution < 1.29 is 9.47 Å². The van der Waals surface area contributed by atoms with Crippen molar-refractivity contribution in [2.45, 2.75) is 33.9 Å². The predicted octanol–water partition coefficient (Wildman–Crippen LogP) is 4.00. The minimum atomic E-state index is 0.552. The number of methoxy groups -OCH3 is 1. The Hall–Kier alpha value is -2.00. The van der Waals surface area contributed by atoms with Gasteiger partial charge in [-0.15, -0.1) is 0 Å². The Morgan fingerprint density at radius 3 is 2.55 bits per heavy atom. The third-order valence-electron chi connectivity index (χ3n) is 3.69. The molecule has 0 bridgehead atoms. The van der Waals surface area contributed by atoms with Crippen LogP contribution in [0.3, 0.4) is 0 Å². The Bertz CT molecular complexity index is 623. The molecule has 3 nitrogen and oxygen atoms in total. The van der Waals surface area contributed by atoms with Gasteiger partial charge in [-0.25, -0.2) is 0 Å². The molecule has 0 aromatic heterocycles. The van der Waals surface area contributed by atoms with Crippen LogP contribution in [0.25, 0.3) is 0 Å². The Morgan fingerprint density at radius 1 is 1.00 bits per heavy atom. The molecule has 2 aromatic carbocycles. The van der Waals surface area contributed by atoms with Crippen molar-refractivity contribution in [1.82, 2.24) is 5.32 Å². The van der Waals surface area contributed by atoms with E-state index in [9.17, 15) is 0 Å². The number of benzene rings is 2. The van der Waals surface area contributed by atoms with Gasteiger partial charge in [-0.1, -0.05) is 36.8 Å². The zero-order valence-electron chi connectivity index (χ0n) is 13.9. The molecule has 22 heavy (non-hydrogen) atoms. The first kappa shape index (κ1) is 16.4. The third-order valence-corrected chi connectivity index (χ3v) is 3.69. The van der Waals surface area contributed by atoms with E-state index in [4.69, 9.17) is 9.47 Å². The van der Waals surface area contributed by atoms with Crippen LogP contribution in [0.4, 0.5) is 0 Å². The quantitative estimate of drug-likeness (QED) is 0.838. The van der Waals surface area contributed by atoms with Crippen molar-refractivity contribution in [1.29, 1.82) is 0 Å². The fourth-order valence-electron chi connectivity index (χ4n) is 2.32. The molecule has 0 fully saturated rings. The number of hydrogen-bond donors (Lipinski definition) is 1. The van der Waals surface area contributed by atoms with Crippen molar-refractivity contribution in [2.24, 2.45) is 0 Å². The number of hydrogen-bond acceptors (Lipinski definition) is 3. The molecule has 2 rings (SSSR count). The Morgan fingerprint density at radius 2 is 1.82 bits per heavy atom. The number of aryl methyl sites for hydroxylation is 2. The van der Waals surface area contributed by atoms with Crippen molar-refractivity contribution in [2.75, 3.05) is 13.7 Å². The van der Waals surface area contributed by atoms with Crippen LogP contribution < -0.4 is 14.8 Å². The van der Waals surface area contributed by atoms with Crippen LogP contribution in [0.1, 0.15) is 29.2 Å². The summed E-state index contributed by atoms with van der Waals surface area (Å²) < 4.78 is 11.4. The maximum absolute atomic E-state index is 5.96. The van der Waals surface area contributed by atoms with Crippen LogP contribution in [0.5, 0.6) is 11.5 Å². The molecule has 1 N–H and O–H groups in total. The van der Waals surface area contributed by atoms with E-state index in [2.05, 4.69) is 50.4 Å². The maximum Gasteiger partial charge on any atom is 0.161 e. The second-order valence-corrected chi connectivity index (χ2v) is 5.48. The first-order valence-corrected chi connectivity index (χ1v) is 7.70. The summed E-state index contributed by atoms with van der Waals surface area (Å²) in [6.45, 7) is 8.64. The number of ether oxygens (including phenoxy) is 2. The average Bonchev–Trinajstić information content (AvgIpc) is 2.54. The average molecular weight is 299 g/mol. The van der Waals surface area contributed by atoms with Crippen molar-refractivity contribution in [3.05, 3.63) is 58.7 Å². The summed E-state index contributed by atoms with van der Waals surface area (Å²) in [5.41, 5.74) is 4.89. The van der Waals surface area contributed by atoms with Gasteiger partial charge >= 0.3 is 0 Å². The van der Waals surface area contributed by atoms with Gasteiger partial charge in [0.15, 0.2) is 11.5 Å². The van der Waals surface area contributed by atoms with Crippen molar-refractivity contribution in [3.8, 4) is 11.5 Å². The van der Waals surface area contributed by atoms with Crippen LogP contribution >= 0.6 is 0 Å². The highest BCUT2D eigenvalue weighted by atomic mass is 16.5. The van der Waals surface area contributed by atoms with Gasteiger partial charge in [0.25, 0.3) is 0 Å². The molecule has 0 aliphatic carbocycles. The molecule has 0 unspecified atom stereocenters. The van der Waals surface area contributed by atoms with E-state index in [1.165, 1.54) is 22.3 Å². The predicted molar refractivity (Wildman–Crippen MR) is 90.6 cm³/mol. The molecule has 118 valence electrons. The number of nitrogens with one attached hydrogen (secondary N) is 1. The molecular formula is C19H25NO2. The molecule has 0 aliphatic rings. The van der Waals surface area contributed by atoms with Crippen LogP contribution in [0, 0.1) is 13.8 Å². The minimum Gasteiger partial charge on any atom is -0.493 e. The second kappa shape index (κ2) is 7.85. The fraction of sp³-hybridized carbons (Fsp3) is 0.368. The van der Waals surface area contributed by atoms with Gasteiger partial charge in [0.2, 0.25) is 0 Å². The molecule has 0 saturated heterocycles. The van der Waals surface area contributed by atoms with E-state index < -0.39 is 0 Å². The van der Waals surface area contributed by atoms with E-state index in [1.807, 2.05) is 12.1 Å². The van der Waals surface area contributed by atoms with Crippen LogP contribution in [-0.2, 0) is 13.2 Å². The zero-order valence-corrected chi connectivity index (χ0v) is 13.9. The first-order valence-electron chi connectivity index (χ1n) is 7.70. The van der Waals surface area contributed by atoms with E-state index in [1.54, 1.807) is 7.11 Å². The lowest BCUT2D eigenvalue weighted by Crippen LogP contribution is -2.11. The molecule has 2 aromatic rings. The summed E-state index contributed by atoms with van der Waals surface area (Å²) in [4.78, 5) is 0. The lowest BCUT2D eigenvalue weighted by Gasteiger charge is -2.14. The topological polar surface area (TPSA) is 30.5 Å². The standard InChI is InChI=1S/C19H25NO2/c1-5-20-12-16-8-9-18(19(11-16)21-4)22-13-17-10-14(2)6-7-15(17)3/h6-11,20H,5,12-13H2,1-4H3. The Kier molecular flexibility index (Phi) is 5.84. The van der Waals surface area contributed by atoms with Gasteiger partial charge in [0, 0.05) is 6.54 Å². The first-order chi connectivity index (χ1) is 10.6. The lowest BCUT2D eigenvalue weighted by atomic mass is 10.1. The molecule has 0 aliphatic heterocycles. The molecular weight excluding hydrogens is 274 g/mol. The summed E-state index contributed by atoms with van der Waals surface area (Å²) in [5, 5.41) is 3.31. The van der Waals surface area contributed by atoms with Crippen molar-refractivity contribution >= 4 is 0 Å². The Labute approximate surface area is 133 Å². The van der Waals surface area contributed by atoms with Crippen LogP contribution in [0.2, 0.25) is 0 Å². The van der Waals surface area contributed by atoms with E-state index in [0.29, 0.717) is 6.61 Å². The molecule has 0 radical (unpaired) electrons. The number of rotatable bonds is 7. The second-order valence-electron chi connectivity index (χ2n) is 5.48. The van der Waals surface area contributed by atoms with E-state index in [0.717, 1.165) is 24.6 Å². The molecule has 0 saturated carbocycles. The zero-order chi connectivity index (χ0) is 15.9. The summed E-state index contributed by atoms with van der Waals surface area (Å²) in [6, 6.07) is 12.5. The largest absolute Gasteiger partial charge is 0.493 e.